The second kappa shape index (κ2) is 18.6. The molecule has 4 fully saturated rings. The van der Waals surface area contributed by atoms with Crippen LogP contribution in [0.4, 0.5) is 22.9 Å². The molecule has 5 amide bonds. The average Bonchev–Trinajstić information content (AvgIpc) is 3.49. The zero-order valence-corrected chi connectivity index (χ0v) is 34.4. The van der Waals surface area contributed by atoms with Gasteiger partial charge in [0, 0.05) is 82.7 Å². The van der Waals surface area contributed by atoms with Crippen molar-refractivity contribution in [2.45, 2.75) is 51.1 Å². The Morgan fingerprint density at radius 3 is 2.29 bits per heavy atom. The van der Waals surface area contributed by atoms with E-state index >= 15 is 0 Å². The monoisotopic (exact) mass is 822 g/mol. The number of amides is 5. The first-order valence-corrected chi connectivity index (χ1v) is 20.8. The van der Waals surface area contributed by atoms with Crippen molar-refractivity contribution >= 4 is 64.5 Å². The van der Waals surface area contributed by atoms with Crippen molar-refractivity contribution in [3.63, 3.8) is 0 Å². The minimum atomic E-state index is -0.954. The first-order chi connectivity index (χ1) is 28.5. The van der Waals surface area contributed by atoms with Crippen molar-refractivity contribution in [2.75, 3.05) is 92.5 Å². The van der Waals surface area contributed by atoms with E-state index in [-0.39, 0.29) is 18.7 Å². The van der Waals surface area contributed by atoms with Gasteiger partial charge in [0.15, 0.2) is 0 Å². The minimum absolute atomic E-state index is 0.104. The molecule has 2 N–H and O–H groups in total. The third kappa shape index (κ3) is 9.51. The van der Waals surface area contributed by atoms with E-state index in [9.17, 15) is 24.0 Å². The largest absolute Gasteiger partial charge is 0.369 e. The van der Waals surface area contributed by atoms with Crippen LogP contribution in [-0.4, -0.2) is 134 Å². The summed E-state index contributed by atoms with van der Waals surface area (Å²) in [7, 11) is 2.14. The summed E-state index contributed by atoms with van der Waals surface area (Å²) in [5, 5.41) is 14.2. The molecule has 3 aromatic rings. The van der Waals surface area contributed by atoms with Gasteiger partial charge in [-0.3, -0.25) is 39.1 Å². The van der Waals surface area contributed by atoms with Gasteiger partial charge in [0.2, 0.25) is 18.2 Å². The number of carbonyl (C=O) groups is 5. The summed E-state index contributed by atoms with van der Waals surface area (Å²) in [5.74, 6) is -0.305. The lowest BCUT2D eigenvalue weighted by Gasteiger charge is -2.39. The number of likely N-dealkylation sites (N-methyl/N-ethyl adjacent to an activating group) is 1. The van der Waals surface area contributed by atoms with Gasteiger partial charge in [-0.25, -0.2) is 4.98 Å². The quantitative estimate of drug-likeness (QED) is 0.237. The summed E-state index contributed by atoms with van der Waals surface area (Å²) in [5.41, 5.74) is 3.86. The number of nitrogens with zero attached hydrogens (tertiary/aromatic N) is 8. The smallest absolute Gasteiger partial charge is 0.262 e. The minimum Gasteiger partial charge on any atom is -0.369 e. The van der Waals surface area contributed by atoms with Crippen molar-refractivity contribution in [1.29, 1.82) is 5.26 Å². The number of hydrogen-bond acceptors (Lipinski definition) is 12. The molecule has 0 radical (unpaired) electrons. The summed E-state index contributed by atoms with van der Waals surface area (Å²) < 4.78 is 0. The van der Waals surface area contributed by atoms with Crippen LogP contribution >= 0.6 is 11.6 Å². The number of benzene rings is 2. The maximum Gasteiger partial charge on any atom is 0.262 e. The Hall–Kier alpha value is -5.56. The number of halogens is 1. The number of anilines is 4. The molecular weight excluding hydrogens is 772 g/mol. The first-order valence-electron chi connectivity index (χ1n) is 20.4. The molecule has 0 saturated carbocycles. The Morgan fingerprint density at radius 1 is 0.881 bits per heavy atom. The van der Waals surface area contributed by atoms with Crippen molar-refractivity contribution in [3.05, 3.63) is 76.4 Å². The van der Waals surface area contributed by atoms with Gasteiger partial charge in [0.1, 0.15) is 17.9 Å². The van der Waals surface area contributed by atoms with Gasteiger partial charge >= 0.3 is 0 Å². The lowest BCUT2D eigenvalue weighted by Crippen LogP contribution is -2.54. The molecule has 59 heavy (non-hydrogen) atoms. The molecule has 0 aliphatic carbocycles. The van der Waals surface area contributed by atoms with Crippen molar-refractivity contribution < 1.29 is 24.0 Å². The van der Waals surface area contributed by atoms with E-state index in [2.05, 4.69) is 60.2 Å². The first kappa shape index (κ1) is 41.6. The predicted molar refractivity (Wildman–Crippen MR) is 226 cm³/mol. The van der Waals surface area contributed by atoms with Gasteiger partial charge in [-0.15, -0.1) is 0 Å². The SMILES string of the molecule is CC1CN(C)CCN1c1ccc(C#N)c(Cl)c1.O=CNc1ccc(N2CCC(CCN3CCN(c4ccc5c(c4)C(=O)N(C4CCC(=O)NC4=O)C5=O)CC3)CC2)nc1. The summed E-state index contributed by atoms with van der Waals surface area (Å²) >= 11 is 6.07. The second-order valence-corrected chi connectivity index (χ2v) is 16.4. The Morgan fingerprint density at radius 2 is 1.63 bits per heavy atom. The average molecular weight is 823 g/mol. The van der Waals surface area contributed by atoms with Crippen LogP contribution in [0.2, 0.25) is 5.02 Å². The number of imide groups is 2. The standard InChI is InChI=1S/C30H35N7O5.C13H16ClN3/c38-19-32-21-1-5-26(31-18-21)36-11-8-20(9-12-36)7-10-34-13-15-35(16-14-34)22-2-3-23-24(17-22)30(42)37(29(23)41)25-4-6-27(39)33-28(25)40;1-10-9-16(2)5-6-17(10)12-4-3-11(8-15)13(14)7-12/h1-3,5,17-20,25H,4,6-16H2,(H,32,38)(H,33,39,40);3-4,7,10H,5-6,9H2,1-2H3. The molecule has 5 aliphatic rings. The van der Waals surface area contributed by atoms with Crippen LogP contribution < -0.4 is 25.3 Å². The van der Waals surface area contributed by atoms with Crippen LogP contribution in [0.5, 0.6) is 0 Å². The highest BCUT2D eigenvalue weighted by Crippen LogP contribution is 2.32. The number of nitriles is 1. The van der Waals surface area contributed by atoms with Crippen LogP contribution in [-0.2, 0) is 14.4 Å². The summed E-state index contributed by atoms with van der Waals surface area (Å²) in [6.45, 7) is 11.8. The Bertz CT molecular complexity index is 2090. The molecule has 0 spiro atoms. The second-order valence-electron chi connectivity index (χ2n) is 16.0. The van der Waals surface area contributed by atoms with E-state index in [1.54, 1.807) is 24.4 Å². The summed E-state index contributed by atoms with van der Waals surface area (Å²) in [4.78, 5) is 77.8. The number of fused-ring (bicyclic) bond motifs is 1. The number of aromatic nitrogens is 1. The molecule has 16 heteroatoms. The molecule has 5 aliphatic heterocycles. The number of hydrogen-bond donors (Lipinski definition) is 2. The molecule has 1 aromatic heterocycles. The van der Waals surface area contributed by atoms with Gasteiger partial charge < -0.3 is 24.9 Å². The number of rotatable bonds is 9. The molecule has 4 saturated heterocycles. The number of nitrogens with one attached hydrogen (secondary N) is 2. The molecule has 2 aromatic carbocycles. The number of pyridine rings is 1. The highest BCUT2D eigenvalue weighted by Gasteiger charge is 2.45. The van der Waals surface area contributed by atoms with E-state index in [4.69, 9.17) is 16.9 Å². The molecule has 0 bridgehead atoms. The van der Waals surface area contributed by atoms with E-state index in [0.717, 1.165) is 107 Å². The van der Waals surface area contributed by atoms with Gasteiger partial charge in [-0.1, -0.05) is 11.6 Å². The molecule has 310 valence electrons. The highest BCUT2D eigenvalue weighted by molar-refractivity contribution is 6.32. The van der Waals surface area contributed by atoms with Crippen LogP contribution in [0.25, 0.3) is 0 Å². The van der Waals surface area contributed by atoms with Crippen LogP contribution in [0, 0.1) is 17.2 Å². The van der Waals surface area contributed by atoms with Crippen molar-refractivity contribution in [2.24, 2.45) is 5.92 Å². The van der Waals surface area contributed by atoms with E-state index < -0.39 is 23.8 Å². The fourth-order valence-electron chi connectivity index (χ4n) is 8.72. The Labute approximate surface area is 349 Å². The topological polar surface area (TPSA) is 166 Å². The third-order valence-electron chi connectivity index (χ3n) is 12.2. The number of piperazine rings is 2. The fraction of sp³-hybridized carbons (Fsp3) is 0.465. The predicted octanol–water partition coefficient (Wildman–Crippen LogP) is 3.83. The van der Waals surface area contributed by atoms with E-state index in [0.29, 0.717) is 45.8 Å². The fourth-order valence-corrected chi connectivity index (χ4v) is 8.94. The molecule has 8 rings (SSSR count). The zero-order valence-electron chi connectivity index (χ0n) is 33.6. The van der Waals surface area contributed by atoms with Crippen molar-refractivity contribution in [1.82, 2.24) is 25.0 Å². The zero-order chi connectivity index (χ0) is 41.6. The third-order valence-corrected chi connectivity index (χ3v) is 12.5. The summed E-state index contributed by atoms with van der Waals surface area (Å²) in [6, 6.07) is 16.4. The molecular formula is C43H51ClN10O5. The highest BCUT2D eigenvalue weighted by atomic mass is 35.5. The van der Waals surface area contributed by atoms with Gasteiger partial charge in [0.05, 0.1) is 33.6 Å². The Balaban J connectivity index is 0.000000259. The maximum absolute atomic E-state index is 13.2. The molecule has 6 heterocycles. The molecule has 2 atom stereocenters. The Kier molecular flexibility index (Phi) is 13.1. The molecule has 15 nitrogen and oxygen atoms in total. The van der Waals surface area contributed by atoms with Crippen LogP contribution in [0.15, 0.2) is 54.7 Å². The normalized spacial score (nSPS) is 21.7. The summed E-state index contributed by atoms with van der Waals surface area (Å²) in [6.07, 6.45) is 6.02. The number of carbonyl (C=O) groups excluding carboxylic acids is 5. The van der Waals surface area contributed by atoms with Crippen molar-refractivity contribution in [3.8, 4) is 6.07 Å². The van der Waals surface area contributed by atoms with Gasteiger partial charge in [0.25, 0.3) is 11.8 Å². The lowest BCUT2D eigenvalue weighted by molar-refractivity contribution is -0.136. The van der Waals surface area contributed by atoms with E-state index in [1.165, 1.54) is 0 Å². The number of piperidine rings is 2. The van der Waals surface area contributed by atoms with Crippen LogP contribution in [0.3, 0.4) is 0 Å². The van der Waals surface area contributed by atoms with E-state index in [1.807, 2.05) is 30.3 Å². The van der Waals surface area contributed by atoms with Crippen LogP contribution in [0.1, 0.15) is 65.3 Å². The lowest BCUT2D eigenvalue weighted by atomic mass is 9.93. The molecule has 2 unspecified atom stereocenters. The maximum atomic E-state index is 13.2. The van der Waals surface area contributed by atoms with Gasteiger partial charge in [-0.05, 0) is 101 Å². The van der Waals surface area contributed by atoms with Gasteiger partial charge in [-0.2, -0.15) is 5.26 Å².